The zero-order valence-corrected chi connectivity index (χ0v) is 30.4. The fraction of sp³-hybridized carbons (Fsp3) is 0.0566. The predicted molar refractivity (Wildman–Crippen MR) is 231 cm³/mol. The van der Waals surface area contributed by atoms with Crippen molar-refractivity contribution in [2.75, 3.05) is 4.90 Å². The number of rotatable bonds is 11. The van der Waals surface area contributed by atoms with E-state index in [9.17, 15) is 0 Å². The van der Waals surface area contributed by atoms with Crippen LogP contribution in [-0.4, -0.2) is 0 Å². The Labute approximate surface area is 320 Å². The third-order valence-electron chi connectivity index (χ3n) is 10.1. The van der Waals surface area contributed by atoms with Gasteiger partial charge in [-0.1, -0.05) is 188 Å². The lowest BCUT2D eigenvalue weighted by atomic mass is 9.97. The quantitative estimate of drug-likeness (QED) is 0.122. The number of hydrogen-bond donors (Lipinski definition) is 0. The van der Waals surface area contributed by atoms with Crippen molar-refractivity contribution in [3.8, 4) is 0 Å². The van der Waals surface area contributed by atoms with Crippen LogP contribution in [0.4, 0.5) is 17.1 Å². The highest BCUT2D eigenvalue weighted by Crippen LogP contribution is 2.37. The van der Waals surface area contributed by atoms with Gasteiger partial charge in [0.05, 0.1) is 0 Å². The van der Waals surface area contributed by atoms with Gasteiger partial charge in [0.2, 0.25) is 0 Å². The van der Waals surface area contributed by atoms with Crippen molar-refractivity contribution in [3.63, 3.8) is 0 Å². The molecule has 0 radical (unpaired) electrons. The molecule has 54 heavy (non-hydrogen) atoms. The van der Waals surface area contributed by atoms with Gasteiger partial charge in [-0.15, -0.1) is 0 Å². The number of nitrogens with zero attached hydrogens (tertiary/aromatic N) is 1. The predicted octanol–water partition coefficient (Wildman–Crippen LogP) is 13.9. The van der Waals surface area contributed by atoms with Gasteiger partial charge in [0.25, 0.3) is 0 Å². The first kappa shape index (κ1) is 34.4. The largest absolute Gasteiger partial charge is 0.310 e. The summed E-state index contributed by atoms with van der Waals surface area (Å²) in [6.45, 7) is 0. The molecular weight excluding hydrogens is 651 g/mol. The molecule has 7 aromatic carbocycles. The second-order valence-corrected chi connectivity index (χ2v) is 13.7. The van der Waals surface area contributed by atoms with E-state index < -0.39 is 0 Å². The highest BCUT2D eigenvalue weighted by atomic mass is 15.1. The van der Waals surface area contributed by atoms with Crippen LogP contribution in [0, 0.1) is 0 Å². The third kappa shape index (κ3) is 8.17. The van der Waals surface area contributed by atoms with Gasteiger partial charge in [-0.25, -0.2) is 0 Å². The van der Waals surface area contributed by atoms with Crippen LogP contribution < -0.4 is 4.90 Å². The van der Waals surface area contributed by atoms with Gasteiger partial charge < -0.3 is 4.90 Å². The molecule has 1 aliphatic carbocycles. The lowest BCUT2D eigenvalue weighted by Gasteiger charge is -2.26. The maximum atomic E-state index is 2.39. The molecule has 0 heterocycles. The van der Waals surface area contributed by atoms with Crippen LogP contribution >= 0.6 is 0 Å². The first-order valence-corrected chi connectivity index (χ1v) is 18.9. The summed E-state index contributed by atoms with van der Waals surface area (Å²) in [7, 11) is 0. The Morgan fingerprint density at radius 2 is 0.741 bits per heavy atom. The Kier molecular flexibility index (Phi) is 10.7. The summed E-state index contributed by atoms with van der Waals surface area (Å²) in [6.07, 6.45) is 16.7. The molecule has 0 unspecified atom stereocenters. The van der Waals surface area contributed by atoms with Crippen LogP contribution in [0.3, 0.4) is 0 Å². The van der Waals surface area contributed by atoms with Crippen molar-refractivity contribution in [3.05, 3.63) is 257 Å². The fourth-order valence-electron chi connectivity index (χ4n) is 7.31. The lowest BCUT2D eigenvalue weighted by Crippen LogP contribution is -2.10. The van der Waals surface area contributed by atoms with Crippen LogP contribution in [0.15, 0.2) is 212 Å². The van der Waals surface area contributed by atoms with E-state index in [4.69, 9.17) is 0 Å². The number of aryl methyl sites for hydroxylation is 2. The molecular formula is C53H43N. The first-order chi connectivity index (χ1) is 26.8. The maximum Gasteiger partial charge on any atom is 0.0464 e. The highest BCUT2D eigenvalue weighted by Gasteiger charge is 2.17. The van der Waals surface area contributed by atoms with Crippen LogP contribution in [0.25, 0.3) is 23.3 Å². The highest BCUT2D eigenvalue weighted by molar-refractivity contribution is 5.83. The van der Waals surface area contributed by atoms with E-state index in [1.165, 1.54) is 63.1 Å². The standard InChI is InChI=1S/C53H43N/c1-5-18-44(19-6-1)52(45-20-7-2-8-21-45)28-13-16-41-30-35-49(36-31-41)54(51-39-34-43-26-15-27-48(43)40-51)50-37-32-42(33-38-50)17-14-29-53(46-22-9-3-10-23-46)47-24-11-4-12-25-47/h1-14,16-25,28-40H,15,26-27H2. The molecule has 0 atom stereocenters. The molecule has 1 nitrogen and oxygen atoms in total. The molecule has 0 N–H and O–H groups in total. The Morgan fingerprint density at radius 1 is 0.370 bits per heavy atom. The van der Waals surface area contributed by atoms with Crippen molar-refractivity contribution in [1.82, 2.24) is 0 Å². The summed E-state index contributed by atoms with van der Waals surface area (Å²) in [4.78, 5) is 2.38. The molecule has 0 bridgehead atoms. The minimum absolute atomic E-state index is 1.14. The van der Waals surface area contributed by atoms with E-state index in [1.807, 2.05) is 0 Å². The smallest absolute Gasteiger partial charge is 0.0464 e. The van der Waals surface area contributed by atoms with Crippen molar-refractivity contribution in [2.24, 2.45) is 0 Å². The molecule has 8 rings (SSSR count). The summed E-state index contributed by atoms with van der Waals surface area (Å²) >= 11 is 0. The van der Waals surface area contributed by atoms with Crippen molar-refractivity contribution in [1.29, 1.82) is 0 Å². The lowest BCUT2D eigenvalue weighted by molar-refractivity contribution is 0.912. The maximum absolute atomic E-state index is 2.39. The Morgan fingerprint density at radius 3 is 1.15 bits per heavy atom. The third-order valence-corrected chi connectivity index (χ3v) is 10.1. The zero-order valence-electron chi connectivity index (χ0n) is 30.4. The van der Waals surface area contributed by atoms with E-state index in [-0.39, 0.29) is 0 Å². The summed E-state index contributed by atoms with van der Waals surface area (Å²) in [5, 5.41) is 0. The van der Waals surface area contributed by atoms with Gasteiger partial charge >= 0.3 is 0 Å². The van der Waals surface area contributed by atoms with Gasteiger partial charge in [-0.3, -0.25) is 0 Å². The van der Waals surface area contributed by atoms with E-state index in [2.05, 4.69) is 229 Å². The fourth-order valence-corrected chi connectivity index (χ4v) is 7.31. The topological polar surface area (TPSA) is 3.24 Å². The summed E-state index contributed by atoms with van der Waals surface area (Å²) < 4.78 is 0. The monoisotopic (exact) mass is 693 g/mol. The van der Waals surface area contributed by atoms with Crippen LogP contribution in [0.5, 0.6) is 0 Å². The number of allylic oxidation sites excluding steroid dienone is 4. The summed E-state index contributed by atoms with van der Waals surface area (Å²) in [5.74, 6) is 0. The van der Waals surface area contributed by atoms with Gasteiger partial charge in [-0.2, -0.15) is 0 Å². The van der Waals surface area contributed by atoms with Crippen LogP contribution in [0.1, 0.15) is 50.9 Å². The normalized spacial score (nSPS) is 12.1. The average Bonchev–Trinajstić information content (AvgIpc) is 3.72. The van der Waals surface area contributed by atoms with Crippen molar-refractivity contribution in [2.45, 2.75) is 19.3 Å². The molecule has 0 aliphatic heterocycles. The molecule has 1 heteroatoms. The van der Waals surface area contributed by atoms with Gasteiger partial charge in [0.15, 0.2) is 0 Å². The summed E-state index contributed by atoms with van der Waals surface area (Å²) in [6, 6.07) is 67.2. The molecule has 260 valence electrons. The average molecular weight is 694 g/mol. The minimum Gasteiger partial charge on any atom is -0.310 e. The second kappa shape index (κ2) is 16.8. The second-order valence-electron chi connectivity index (χ2n) is 13.7. The van der Waals surface area contributed by atoms with E-state index >= 15 is 0 Å². The number of hydrogen-bond acceptors (Lipinski definition) is 1. The van der Waals surface area contributed by atoms with Crippen molar-refractivity contribution >= 4 is 40.4 Å². The van der Waals surface area contributed by atoms with Crippen LogP contribution in [-0.2, 0) is 12.8 Å². The van der Waals surface area contributed by atoms with E-state index in [0.29, 0.717) is 0 Å². The van der Waals surface area contributed by atoms with E-state index in [1.54, 1.807) is 0 Å². The molecule has 0 saturated heterocycles. The molecule has 0 spiro atoms. The molecule has 7 aromatic rings. The first-order valence-electron chi connectivity index (χ1n) is 18.9. The van der Waals surface area contributed by atoms with E-state index in [0.717, 1.165) is 28.9 Å². The Hall–Kier alpha value is -6.70. The number of anilines is 3. The molecule has 0 amide bonds. The number of fused-ring (bicyclic) bond motifs is 1. The molecule has 1 aliphatic rings. The number of benzene rings is 7. The molecule has 0 saturated carbocycles. The van der Waals surface area contributed by atoms with Gasteiger partial charge in [0, 0.05) is 17.1 Å². The SMILES string of the molecule is C(=Cc1ccc(N(c2ccc(C=CC=C(c3ccccc3)c3ccccc3)cc2)c2ccc3c(c2)CCC3)cc1)C=C(c1ccccc1)c1ccccc1. The van der Waals surface area contributed by atoms with Crippen molar-refractivity contribution < 1.29 is 0 Å². The van der Waals surface area contributed by atoms with Gasteiger partial charge in [-0.05, 0) is 111 Å². The summed E-state index contributed by atoms with van der Waals surface area (Å²) in [5.41, 5.74) is 16.0. The molecule has 0 fully saturated rings. The Balaban J connectivity index is 1.07. The zero-order chi connectivity index (χ0) is 36.4. The van der Waals surface area contributed by atoms with Crippen LogP contribution in [0.2, 0.25) is 0 Å². The Bertz CT molecular complexity index is 2170. The van der Waals surface area contributed by atoms with Gasteiger partial charge in [0.1, 0.15) is 0 Å². The molecule has 0 aromatic heterocycles. The minimum atomic E-state index is 1.14.